The van der Waals surface area contributed by atoms with Crippen LogP contribution in [-0.2, 0) is 0 Å². The Hall–Kier alpha value is -1.48. The summed E-state index contributed by atoms with van der Waals surface area (Å²) in [4.78, 5) is 21.7. The van der Waals surface area contributed by atoms with E-state index in [1.165, 1.54) is 4.70 Å². The van der Waals surface area contributed by atoms with E-state index in [0.29, 0.717) is 12.1 Å². The SMILES string of the molecule is O=C(NCCN1CCN(c2nc3ccc(Br)cc3s2)CC1)c1ccc(Br)cc1. The van der Waals surface area contributed by atoms with Crippen LogP contribution in [0.15, 0.2) is 51.4 Å². The third-order valence-electron chi connectivity index (χ3n) is 4.80. The lowest BCUT2D eigenvalue weighted by atomic mass is 10.2. The maximum Gasteiger partial charge on any atom is 0.251 e. The van der Waals surface area contributed by atoms with Gasteiger partial charge in [0.1, 0.15) is 0 Å². The molecule has 2 aromatic carbocycles. The summed E-state index contributed by atoms with van der Waals surface area (Å²) in [5.74, 6) is -0.0215. The van der Waals surface area contributed by atoms with Crippen LogP contribution in [-0.4, -0.2) is 55.1 Å². The minimum Gasteiger partial charge on any atom is -0.351 e. The van der Waals surface area contributed by atoms with Crippen LogP contribution in [0.5, 0.6) is 0 Å². The minimum absolute atomic E-state index is 0.0215. The molecule has 1 N–H and O–H groups in total. The van der Waals surface area contributed by atoms with Crippen molar-refractivity contribution in [3.05, 3.63) is 57.0 Å². The molecular formula is C20H20Br2N4OS. The number of amides is 1. The highest BCUT2D eigenvalue weighted by Gasteiger charge is 2.19. The van der Waals surface area contributed by atoms with Crippen LogP contribution in [0.4, 0.5) is 5.13 Å². The number of nitrogens with one attached hydrogen (secondary N) is 1. The highest BCUT2D eigenvalue weighted by atomic mass is 79.9. The number of carbonyl (C=O) groups is 1. The summed E-state index contributed by atoms with van der Waals surface area (Å²) in [6, 6.07) is 13.6. The molecule has 1 amide bonds. The van der Waals surface area contributed by atoms with Gasteiger partial charge in [0, 0.05) is 53.8 Å². The van der Waals surface area contributed by atoms with Crippen molar-refractivity contribution in [2.24, 2.45) is 0 Å². The molecule has 2 heterocycles. The van der Waals surface area contributed by atoms with E-state index in [0.717, 1.165) is 52.3 Å². The fraction of sp³-hybridized carbons (Fsp3) is 0.300. The smallest absolute Gasteiger partial charge is 0.251 e. The van der Waals surface area contributed by atoms with Crippen LogP contribution in [0.1, 0.15) is 10.4 Å². The lowest BCUT2D eigenvalue weighted by Crippen LogP contribution is -2.48. The Kier molecular flexibility index (Phi) is 6.30. The molecule has 28 heavy (non-hydrogen) atoms. The number of hydrogen-bond acceptors (Lipinski definition) is 5. The van der Waals surface area contributed by atoms with Gasteiger partial charge in [0.05, 0.1) is 10.2 Å². The van der Waals surface area contributed by atoms with Gasteiger partial charge in [-0.15, -0.1) is 0 Å². The molecular weight excluding hydrogens is 504 g/mol. The zero-order valence-electron chi connectivity index (χ0n) is 15.2. The van der Waals surface area contributed by atoms with Gasteiger partial charge in [0.2, 0.25) is 0 Å². The first-order valence-corrected chi connectivity index (χ1v) is 11.6. The molecule has 4 rings (SSSR count). The largest absolute Gasteiger partial charge is 0.351 e. The molecule has 1 aliphatic rings. The quantitative estimate of drug-likeness (QED) is 0.539. The zero-order chi connectivity index (χ0) is 19.5. The van der Waals surface area contributed by atoms with Gasteiger partial charge in [-0.3, -0.25) is 9.69 Å². The molecule has 0 atom stereocenters. The normalized spacial score (nSPS) is 15.1. The number of halogens is 2. The summed E-state index contributed by atoms with van der Waals surface area (Å²) in [5.41, 5.74) is 1.75. The van der Waals surface area contributed by atoms with Crippen molar-refractivity contribution >= 4 is 64.5 Å². The number of anilines is 1. The predicted octanol–water partition coefficient (Wildman–Crippen LogP) is 4.37. The molecule has 0 bridgehead atoms. The van der Waals surface area contributed by atoms with Gasteiger partial charge >= 0.3 is 0 Å². The van der Waals surface area contributed by atoms with Crippen LogP contribution < -0.4 is 10.2 Å². The summed E-state index contributed by atoms with van der Waals surface area (Å²) >= 11 is 8.66. The molecule has 0 aliphatic carbocycles. The van der Waals surface area contributed by atoms with Gasteiger partial charge in [-0.05, 0) is 42.5 Å². The first-order valence-electron chi connectivity index (χ1n) is 9.16. The van der Waals surface area contributed by atoms with Gasteiger partial charge in [-0.1, -0.05) is 43.2 Å². The number of thiazole rings is 1. The van der Waals surface area contributed by atoms with Gasteiger partial charge in [-0.2, -0.15) is 0 Å². The maximum atomic E-state index is 12.2. The summed E-state index contributed by atoms with van der Waals surface area (Å²) in [6.45, 7) is 5.40. The van der Waals surface area contributed by atoms with Gasteiger partial charge in [0.25, 0.3) is 5.91 Å². The molecule has 1 fully saturated rings. The van der Waals surface area contributed by atoms with E-state index in [1.54, 1.807) is 11.3 Å². The second kappa shape index (κ2) is 8.90. The van der Waals surface area contributed by atoms with Crippen LogP contribution in [0, 0.1) is 0 Å². The van der Waals surface area contributed by atoms with E-state index in [9.17, 15) is 4.79 Å². The zero-order valence-corrected chi connectivity index (χ0v) is 19.2. The highest BCUT2D eigenvalue weighted by Crippen LogP contribution is 2.31. The van der Waals surface area contributed by atoms with Gasteiger partial charge in [0.15, 0.2) is 5.13 Å². The van der Waals surface area contributed by atoms with Gasteiger partial charge in [-0.25, -0.2) is 4.98 Å². The molecule has 0 radical (unpaired) electrons. The first kappa shape index (κ1) is 19.8. The molecule has 3 aromatic rings. The van der Waals surface area contributed by atoms with E-state index < -0.39 is 0 Å². The molecule has 8 heteroatoms. The number of nitrogens with zero attached hydrogens (tertiary/aromatic N) is 3. The van der Waals surface area contributed by atoms with Crippen molar-refractivity contribution in [1.29, 1.82) is 0 Å². The average molecular weight is 524 g/mol. The first-order chi connectivity index (χ1) is 13.6. The number of benzene rings is 2. The Balaban J connectivity index is 1.24. The molecule has 5 nitrogen and oxygen atoms in total. The van der Waals surface area contributed by atoms with Crippen molar-refractivity contribution in [2.45, 2.75) is 0 Å². The third kappa shape index (κ3) is 4.74. The molecule has 146 valence electrons. The molecule has 0 spiro atoms. The number of piperazine rings is 1. The monoisotopic (exact) mass is 522 g/mol. The Morgan fingerprint density at radius 2 is 1.75 bits per heavy atom. The van der Waals surface area contributed by atoms with Crippen LogP contribution >= 0.6 is 43.2 Å². The summed E-state index contributed by atoms with van der Waals surface area (Å²) < 4.78 is 3.27. The topological polar surface area (TPSA) is 48.5 Å². The van der Waals surface area contributed by atoms with E-state index in [-0.39, 0.29) is 5.91 Å². The Bertz CT molecular complexity index is 968. The fourth-order valence-electron chi connectivity index (χ4n) is 3.22. The molecule has 0 saturated carbocycles. The summed E-state index contributed by atoms with van der Waals surface area (Å²) in [5, 5.41) is 4.10. The lowest BCUT2D eigenvalue weighted by Gasteiger charge is -2.34. The van der Waals surface area contributed by atoms with Crippen molar-refractivity contribution < 1.29 is 4.79 Å². The molecule has 1 aromatic heterocycles. The Morgan fingerprint density at radius 3 is 2.50 bits per heavy atom. The maximum absolute atomic E-state index is 12.2. The van der Waals surface area contributed by atoms with E-state index in [2.05, 4.69) is 59.1 Å². The number of hydrogen-bond donors (Lipinski definition) is 1. The number of aromatic nitrogens is 1. The van der Waals surface area contributed by atoms with Crippen LogP contribution in [0.25, 0.3) is 10.2 Å². The van der Waals surface area contributed by atoms with Crippen LogP contribution in [0.3, 0.4) is 0 Å². The van der Waals surface area contributed by atoms with Crippen molar-refractivity contribution in [3.8, 4) is 0 Å². The predicted molar refractivity (Wildman–Crippen MR) is 122 cm³/mol. The second-order valence-electron chi connectivity index (χ2n) is 6.70. The van der Waals surface area contributed by atoms with E-state index >= 15 is 0 Å². The van der Waals surface area contributed by atoms with Gasteiger partial charge < -0.3 is 10.2 Å². The number of fused-ring (bicyclic) bond motifs is 1. The summed E-state index contributed by atoms with van der Waals surface area (Å²) in [6.07, 6.45) is 0. The van der Waals surface area contributed by atoms with E-state index in [4.69, 9.17) is 4.98 Å². The van der Waals surface area contributed by atoms with Crippen molar-refractivity contribution in [2.75, 3.05) is 44.2 Å². The second-order valence-corrected chi connectivity index (χ2v) is 9.54. The Labute approximate surface area is 185 Å². The Morgan fingerprint density at radius 1 is 1.04 bits per heavy atom. The van der Waals surface area contributed by atoms with Crippen molar-refractivity contribution in [3.63, 3.8) is 0 Å². The van der Waals surface area contributed by atoms with E-state index in [1.807, 2.05) is 30.3 Å². The third-order valence-corrected chi connectivity index (χ3v) is 6.90. The minimum atomic E-state index is -0.0215. The molecule has 0 unspecified atom stereocenters. The van der Waals surface area contributed by atoms with Crippen molar-refractivity contribution in [1.82, 2.24) is 15.2 Å². The molecule has 1 aliphatic heterocycles. The average Bonchev–Trinajstić information content (AvgIpc) is 3.12. The van der Waals surface area contributed by atoms with Crippen LogP contribution in [0.2, 0.25) is 0 Å². The highest BCUT2D eigenvalue weighted by molar-refractivity contribution is 9.10. The number of rotatable bonds is 5. The summed E-state index contributed by atoms with van der Waals surface area (Å²) in [7, 11) is 0. The lowest BCUT2D eigenvalue weighted by molar-refractivity contribution is 0.0948. The molecule has 1 saturated heterocycles. The standard InChI is InChI=1S/C20H20Br2N4OS/c21-15-3-1-14(2-4-15)19(27)23-7-8-25-9-11-26(12-10-25)20-24-17-6-5-16(22)13-18(17)28-20/h1-6,13H,7-12H2,(H,23,27). The fourth-order valence-corrected chi connectivity index (χ4v) is 5.05. The number of carbonyl (C=O) groups excluding carboxylic acids is 1.